The molecule has 2 heterocycles. The van der Waals surface area contributed by atoms with Gasteiger partial charge in [-0.2, -0.15) is 0 Å². The van der Waals surface area contributed by atoms with Gasteiger partial charge in [0, 0.05) is 49.9 Å². The number of Topliss-reactive ketones (excluding diaryl/α,β-unsaturated/α-hetero) is 1. The van der Waals surface area contributed by atoms with Gasteiger partial charge in [-0.05, 0) is 32.0 Å². The van der Waals surface area contributed by atoms with Crippen molar-refractivity contribution >= 4 is 5.78 Å². The molecule has 1 aromatic carbocycles. The van der Waals surface area contributed by atoms with Gasteiger partial charge in [-0.25, -0.2) is 0 Å². The molecule has 3 rings (SSSR count). The third-order valence-electron chi connectivity index (χ3n) is 4.60. The highest BCUT2D eigenvalue weighted by molar-refractivity contribution is 5.94. The van der Waals surface area contributed by atoms with Crippen molar-refractivity contribution in [2.75, 3.05) is 33.3 Å². The van der Waals surface area contributed by atoms with Gasteiger partial charge in [0.25, 0.3) is 0 Å². The van der Waals surface area contributed by atoms with E-state index in [1.807, 2.05) is 31.2 Å². The van der Waals surface area contributed by atoms with E-state index in [9.17, 15) is 4.79 Å². The zero-order valence-corrected chi connectivity index (χ0v) is 15.1. The molecular formula is C19H25N3O3. The first kappa shape index (κ1) is 17.6. The summed E-state index contributed by atoms with van der Waals surface area (Å²) in [5.74, 6) is 1.84. The summed E-state index contributed by atoms with van der Waals surface area (Å²) in [6, 6.07) is 7.64. The topological polar surface area (TPSA) is 58.8 Å². The van der Waals surface area contributed by atoms with Crippen molar-refractivity contribution in [1.82, 2.24) is 15.0 Å². The first-order chi connectivity index (χ1) is 12.0. The van der Waals surface area contributed by atoms with E-state index in [1.165, 1.54) is 0 Å². The second-order valence-corrected chi connectivity index (χ2v) is 6.57. The Balaban J connectivity index is 1.58. The standard InChI is InChI=1S/C19H25N3O3/c1-14-10-18(25-20-14)13-22-8-6-21(7-9-22)12-17-11-16(15(2)23)4-5-19(17)24-3/h4-5,10-11H,6-9,12-13H2,1-3H3. The predicted molar refractivity (Wildman–Crippen MR) is 94.8 cm³/mol. The Morgan fingerprint density at radius 3 is 2.40 bits per heavy atom. The minimum absolute atomic E-state index is 0.0797. The van der Waals surface area contributed by atoms with Crippen molar-refractivity contribution in [3.05, 3.63) is 46.8 Å². The number of ether oxygens (including phenoxy) is 1. The van der Waals surface area contributed by atoms with Gasteiger partial charge in [0.2, 0.25) is 0 Å². The normalized spacial score (nSPS) is 16.1. The minimum atomic E-state index is 0.0797. The number of methoxy groups -OCH3 is 1. The minimum Gasteiger partial charge on any atom is -0.496 e. The molecule has 0 radical (unpaired) electrons. The number of nitrogens with zero attached hydrogens (tertiary/aromatic N) is 3. The van der Waals surface area contributed by atoms with Crippen LogP contribution in [0.25, 0.3) is 0 Å². The summed E-state index contributed by atoms with van der Waals surface area (Å²) in [7, 11) is 1.67. The molecule has 0 unspecified atom stereocenters. The molecule has 6 heteroatoms. The second kappa shape index (κ2) is 7.80. The number of hydrogen-bond acceptors (Lipinski definition) is 6. The number of carbonyl (C=O) groups excluding carboxylic acids is 1. The third-order valence-corrected chi connectivity index (χ3v) is 4.60. The monoisotopic (exact) mass is 343 g/mol. The number of benzene rings is 1. The van der Waals surface area contributed by atoms with Crippen LogP contribution < -0.4 is 4.74 Å². The lowest BCUT2D eigenvalue weighted by Crippen LogP contribution is -2.45. The fourth-order valence-electron chi connectivity index (χ4n) is 3.18. The largest absolute Gasteiger partial charge is 0.496 e. The van der Waals surface area contributed by atoms with Gasteiger partial charge >= 0.3 is 0 Å². The molecular weight excluding hydrogens is 318 g/mol. The molecule has 0 bridgehead atoms. The smallest absolute Gasteiger partial charge is 0.159 e. The molecule has 25 heavy (non-hydrogen) atoms. The second-order valence-electron chi connectivity index (χ2n) is 6.57. The number of hydrogen-bond donors (Lipinski definition) is 0. The number of aromatic nitrogens is 1. The van der Waals surface area contributed by atoms with E-state index in [1.54, 1.807) is 14.0 Å². The summed E-state index contributed by atoms with van der Waals surface area (Å²) in [6.45, 7) is 9.03. The summed E-state index contributed by atoms with van der Waals surface area (Å²) < 4.78 is 10.8. The van der Waals surface area contributed by atoms with E-state index < -0.39 is 0 Å². The summed E-state index contributed by atoms with van der Waals surface area (Å²) in [4.78, 5) is 16.4. The maximum atomic E-state index is 11.6. The zero-order valence-electron chi connectivity index (χ0n) is 15.1. The lowest BCUT2D eigenvalue weighted by molar-refractivity contribution is 0.101. The van der Waals surface area contributed by atoms with Crippen molar-refractivity contribution in [1.29, 1.82) is 0 Å². The van der Waals surface area contributed by atoms with E-state index in [4.69, 9.17) is 9.26 Å². The van der Waals surface area contributed by atoms with Crippen molar-refractivity contribution < 1.29 is 14.1 Å². The highest BCUT2D eigenvalue weighted by atomic mass is 16.5. The van der Waals surface area contributed by atoms with E-state index in [0.29, 0.717) is 0 Å². The van der Waals surface area contributed by atoms with Crippen LogP contribution in [0, 0.1) is 6.92 Å². The van der Waals surface area contributed by atoms with Crippen LogP contribution in [-0.2, 0) is 13.1 Å². The van der Waals surface area contributed by atoms with E-state index >= 15 is 0 Å². The fraction of sp³-hybridized carbons (Fsp3) is 0.474. The van der Waals surface area contributed by atoms with Crippen molar-refractivity contribution in [3.8, 4) is 5.75 Å². The van der Waals surface area contributed by atoms with Crippen molar-refractivity contribution in [3.63, 3.8) is 0 Å². The molecule has 2 aromatic rings. The molecule has 1 saturated heterocycles. The van der Waals surface area contributed by atoms with Gasteiger partial charge < -0.3 is 9.26 Å². The number of carbonyl (C=O) groups is 1. The molecule has 1 aliphatic rings. The SMILES string of the molecule is COc1ccc(C(C)=O)cc1CN1CCN(Cc2cc(C)no2)CC1. The summed E-state index contributed by atoms with van der Waals surface area (Å²) in [5, 5.41) is 3.94. The van der Waals surface area contributed by atoms with Gasteiger partial charge in [0.1, 0.15) is 5.75 Å². The molecule has 1 fully saturated rings. The first-order valence-electron chi connectivity index (χ1n) is 8.60. The highest BCUT2D eigenvalue weighted by Gasteiger charge is 2.20. The number of piperazine rings is 1. The quantitative estimate of drug-likeness (QED) is 0.751. The Morgan fingerprint density at radius 2 is 1.84 bits per heavy atom. The van der Waals surface area contributed by atoms with Crippen molar-refractivity contribution in [2.24, 2.45) is 0 Å². The predicted octanol–water partition coefficient (Wildman–Crippen LogP) is 2.51. The Bertz CT molecular complexity index is 733. The molecule has 0 N–H and O–H groups in total. The number of ketones is 1. The van der Waals surface area contributed by atoms with E-state index in [2.05, 4.69) is 15.0 Å². The molecule has 1 aliphatic heterocycles. The third kappa shape index (κ3) is 4.46. The molecule has 0 aliphatic carbocycles. The van der Waals surface area contributed by atoms with E-state index in [0.717, 1.165) is 67.6 Å². The molecule has 0 atom stereocenters. The maximum Gasteiger partial charge on any atom is 0.159 e. The molecule has 6 nitrogen and oxygen atoms in total. The van der Waals surface area contributed by atoms with Crippen LogP contribution in [0.1, 0.15) is 34.3 Å². The average Bonchev–Trinajstić information content (AvgIpc) is 3.01. The van der Waals surface area contributed by atoms with Crippen molar-refractivity contribution in [2.45, 2.75) is 26.9 Å². The Kier molecular flexibility index (Phi) is 5.50. The van der Waals surface area contributed by atoms with Gasteiger partial charge in [0.05, 0.1) is 19.3 Å². The van der Waals surface area contributed by atoms with Crippen LogP contribution in [0.15, 0.2) is 28.8 Å². The zero-order chi connectivity index (χ0) is 17.8. The lowest BCUT2D eigenvalue weighted by Gasteiger charge is -2.34. The van der Waals surface area contributed by atoms with Gasteiger partial charge in [0.15, 0.2) is 11.5 Å². The van der Waals surface area contributed by atoms with Crippen LogP contribution >= 0.6 is 0 Å². The van der Waals surface area contributed by atoms with E-state index in [-0.39, 0.29) is 5.78 Å². The Labute approximate surface area is 148 Å². The average molecular weight is 343 g/mol. The highest BCUT2D eigenvalue weighted by Crippen LogP contribution is 2.23. The van der Waals surface area contributed by atoms with Crippen LogP contribution in [0.5, 0.6) is 5.75 Å². The molecule has 0 saturated carbocycles. The van der Waals surface area contributed by atoms with Crippen LogP contribution in [-0.4, -0.2) is 54.0 Å². The van der Waals surface area contributed by atoms with Crippen LogP contribution in [0.3, 0.4) is 0 Å². The molecule has 1 aromatic heterocycles. The number of rotatable bonds is 6. The van der Waals surface area contributed by atoms with Gasteiger partial charge in [-0.3, -0.25) is 14.6 Å². The summed E-state index contributed by atoms with van der Waals surface area (Å²) in [6.07, 6.45) is 0. The molecule has 134 valence electrons. The van der Waals surface area contributed by atoms with Gasteiger partial charge in [-0.15, -0.1) is 0 Å². The van der Waals surface area contributed by atoms with Crippen LogP contribution in [0.2, 0.25) is 0 Å². The fourth-order valence-corrected chi connectivity index (χ4v) is 3.18. The Morgan fingerprint density at radius 1 is 1.16 bits per heavy atom. The van der Waals surface area contributed by atoms with Crippen LogP contribution in [0.4, 0.5) is 0 Å². The lowest BCUT2D eigenvalue weighted by atomic mass is 10.1. The van der Waals surface area contributed by atoms with Gasteiger partial charge in [-0.1, -0.05) is 5.16 Å². The summed E-state index contributed by atoms with van der Waals surface area (Å²) in [5.41, 5.74) is 2.72. The summed E-state index contributed by atoms with van der Waals surface area (Å²) >= 11 is 0. The number of aryl methyl sites for hydroxylation is 1. The Hall–Kier alpha value is -2.18. The molecule has 0 amide bonds. The molecule has 0 spiro atoms. The first-order valence-corrected chi connectivity index (χ1v) is 8.60. The maximum absolute atomic E-state index is 11.6.